The van der Waals surface area contributed by atoms with Gasteiger partial charge in [-0.25, -0.2) is 0 Å². The smallest absolute Gasteiger partial charge is 0.115 e. The average molecular weight is 211 g/mol. The summed E-state index contributed by atoms with van der Waals surface area (Å²) in [6, 6.07) is 16.4. The zero-order valence-corrected chi connectivity index (χ0v) is 8.01. The van der Waals surface area contributed by atoms with Gasteiger partial charge in [-0.15, -0.1) is 0 Å². The molecule has 16 heavy (non-hydrogen) atoms. The van der Waals surface area contributed by atoms with Crippen molar-refractivity contribution < 1.29 is 5.11 Å². The van der Waals surface area contributed by atoms with E-state index in [0.29, 0.717) is 5.56 Å². The summed E-state index contributed by atoms with van der Waals surface area (Å²) in [5, 5.41) is 17.9. The summed E-state index contributed by atoms with van der Waals surface area (Å²) < 4.78 is 0. The van der Waals surface area contributed by atoms with Gasteiger partial charge in [-0.2, -0.15) is 5.26 Å². The topological polar surface area (TPSA) is 44.0 Å². The molecule has 2 nitrogen and oxygen atoms in total. The normalized spacial score (nSPS) is 8.94. The Hall–Kier alpha value is -2.27. The third-order valence-corrected chi connectivity index (χ3v) is 2.19. The van der Waals surface area contributed by atoms with Crippen LogP contribution in [-0.2, 0) is 0 Å². The van der Waals surface area contributed by atoms with Crippen molar-refractivity contribution in [2.24, 2.45) is 0 Å². The third kappa shape index (κ3) is 2.40. The third-order valence-electron chi connectivity index (χ3n) is 2.19. The molecule has 0 heterocycles. The lowest BCUT2D eigenvalue weighted by Crippen LogP contribution is -1.79. The molecule has 0 fully saturated rings. The Morgan fingerprint density at radius 2 is 1.62 bits per heavy atom. The summed E-state index contributed by atoms with van der Waals surface area (Å²) in [5.74, 6) is 0.246. The molecule has 0 aromatic heterocycles. The van der Waals surface area contributed by atoms with Crippen LogP contribution in [0.2, 0.25) is 0 Å². The first kappa shape index (κ1) is 11.8. The maximum atomic E-state index is 9.15. The number of benzene rings is 2. The Morgan fingerprint density at radius 3 is 2.25 bits per heavy atom. The van der Waals surface area contributed by atoms with E-state index in [4.69, 9.17) is 10.4 Å². The molecule has 0 atom stereocenters. The molecule has 2 rings (SSSR count). The molecule has 0 saturated heterocycles. The molecule has 0 aliphatic carbocycles. The van der Waals surface area contributed by atoms with Crippen LogP contribution in [0.1, 0.15) is 13.0 Å². The molecule has 0 radical (unpaired) electrons. The molecule has 1 N–H and O–H groups in total. The molecule has 2 heteroatoms. The van der Waals surface area contributed by atoms with Crippen LogP contribution in [0, 0.1) is 11.3 Å². The van der Waals surface area contributed by atoms with Crippen LogP contribution in [0.3, 0.4) is 0 Å². The fourth-order valence-electron chi connectivity index (χ4n) is 1.42. The molecular formula is C14H13NO. The highest BCUT2D eigenvalue weighted by Crippen LogP contribution is 2.22. The van der Waals surface area contributed by atoms with Crippen molar-refractivity contribution in [3.63, 3.8) is 0 Å². The number of hydrogen-bond donors (Lipinski definition) is 1. The maximum absolute atomic E-state index is 9.15. The van der Waals surface area contributed by atoms with E-state index in [9.17, 15) is 0 Å². The molecule has 0 bridgehead atoms. The standard InChI is InChI=1S/C13H9NO.CH4/c14-9-10-2-1-3-12(8-10)11-4-6-13(15)7-5-11;/h1-8,15H;1H4. The molecule has 0 aliphatic rings. The van der Waals surface area contributed by atoms with Gasteiger partial charge < -0.3 is 5.11 Å². The Balaban J connectivity index is 0.00000128. The monoisotopic (exact) mass is 211 g/mol. The summed E-state index contributed by atoms with van der Waals surface area (Å²) in [5.41, 5.74) is 2.61. The summed E-state index contributed by atoms with van der Waals surface area (Å²) in [7, 11) is 0. The quantitative estimate of drug-likeness (QED) is 0.783. The fraction of sp³-hybridized carbons (Fsp3) is 0.0714. The minimum Gasteiger partial charge on any atom is -0.508 e. The van der Waals surface area contributed by atoms with Gasteiger partial charge in [0.25, 0.3) is 0 Å². The SMILES string of the molecule is C.N#Cc1cccc(-c2ccc(O)cc2)c1. The van der Waals surface area contributed by atoms with Gasteiger partial charge in [-0.05, 0) is 35.4 Å². The molecule has 0 unspecified atom stereocenters. The first-order valence-corrected chi connectivity index (χ1v) is 4.59. The van der Waals surface area contributed by atoms with Crippen molar-refractivity contribution in [2.45, 2.75) is 7.43 Å². The summed E-state index contributed by atoms with van der Waals surface area (Å²) in [4.78, 5) is 0. The molecule has 0 spiro atoms. The molecule has 0 aliphatic heterocycles. The number of nitrogens with zero attached hydrogens (tertiary/aromatic N) is 1. The second-order valence-corrected chi connectivity index (χ2v) is 3.24. The van der Waals surface area contributed by atoms with Gasteiger partial charge in [-0.3, -0.25) is 0 Å². The number of rotatable bonds is 1. The van der Waals surface area contributed by atoms with Gasteiger partial charge >= 0.3 is 0 Å². The minimum absolute atomic E-state index is 0. The molecule has 0 amide bonds. The summed E-state index contributed by atoms with van der Waals surface area (Å²) in [6.07, 6.45) is 0. The van der Waals surface area contributed by atoms with Crippen LogP contribution in [0.4, 0.5) is 0 Å². The summed E-state index contributed by atoms with van der Waals surface area (Å²) >= 11 is 0. The number of aromatic hydroxyl groups is 1. The van der Waals surface area contributed by atoms with Crippen LogP contribution in [-0.4, -0.2) is 5.11 Å². The highest BCUT2D eigenvalue weighted by Gasteiger charge is 1.98. The molecule has 80 valence electrons. The first-order chi connectivity index (χ1) is 7.29. The first-order valence-electron chi connectivity index (χ1n) is 4.59. The van der Waals surface area contributed by atoms with E-state index in [2.05, 4.69) is 6.07 Å². The molecule has 2 aromatic carbocycles. The van der Waals surface area contributed by atoms with Crippen molar-refractivity contribution in [2.75, 3.05) is 0 Å². The van der Waals surface area contributed by atoms with Gasteiger partial charge in [0.2, 0.25) is 0 Å². The Labute approximate surface area is 95.4 Å². The van der Waals surface area contributed by atoms with Crippen LogP contribution >= 0.6 is 0 Å². The van der Waals surface area contributed by atoms with E-state index in [1.807, 2.05) is 30.3 Å². The number of phenols is 1. The van der Waals surface area contributed by atoms with E-state index < -0.39 is 0 Å². The Bertz CT molecular complexity index is 509. The lowest BCUT2D eigenvalue weighted by molar-refractivity contribution is 0.475. The molecular weight excluding hydrogens is 198 g/mol. The second kappa shape index (κ2) is 4.99. The van der Waals surface area contributed by atoms with Gasteiger partial charge in [0, 0.05) is 0 Å². The van der Waals surface area contributed by atoms with Gasteiger partial charge in [0.1, 0.15) is 5.75 Å². The minimum atomic E-state index is 0. The Morgan fingerprint density at radius 1 is 0.938 bits per heavy atom. The number of nitriles is 1. The van der Waals surface area contributed by atoms with Crippen molar-refractivity contribution >= 4 is 0 Å². The average Bonchev–Trinajstić information content (AvgIpc) is 2.30. The Kier molecular flexibility index (Phi) is 3.68. The van der Waals surface area contributed by atoms with Crippen molar-refractivity contribution in [1.29, 1.82) is 5.26 Å². The highest BCUT2D eigenvalue weighted by molar-refractivity contribution is 5.65. The van der Waals surface area contributed by atoms with E-state index in [1.165, 1.54) is 0 Å². The van der Waals surface area contributed by atoms with Gasteiger partial charge in [-0.1, -0.05) is 31.7 Å². The van der Waals surface area contributed by atoms with Crippen molar-refractivity contribution in [1.82, 2.24) is 0 Å². The van der Waals surface area contributed by atoms with E-state index in [0.717, 1.165) is 11.1 Å². The molecule has 0 saturated carbocycles. The van der Waals surface area contributed by atoms with Crippen LogP contribution in [0.25, 0.3) is 11.1 Å². The van der Waals surface area contributed by atoms with Crippen molar-refractivity contribution in [3.05, 3.63) is 54.1 Å². The zero-order chi connectivity index (χ0) is 10.7. The van der Waals surface area contributed by atoms with Gasteiger partial charge in [0.15, 0.2) is 0 Å². The number of hydrogen-bond acceptors (Lipinski definition) is 2. The van der Waals surface area contributed by atoms with Crippen molar-refractivity contribution in [3.8, 4) is 22.9 Å². The van der Waals surface area contributed by atoms with E-state index in [1.54, 1.807) is 18.2 Å². The zero-order valence-electron chi connectivity index (χ0n) is 8.01. The lowest BCUT2D eigenvalue weighted by atomic mass is 10.0. The highest BCUT2D eigenvalue weighted by atomic mass is 16.3. The van der Waals surface area contributed by atoms with Crippen LogP contribution in [0.5, 0.6) is 5.75 Å². The van der Waals surface area contributed by atoms with Gasteiger partial charge in [0.05, 0.1) is 11.6 Å². The fourth-order valence-corrected chi connectivity index (χ4v) is 1.42. The van der Waals surface area contributed by atoms with Crippen LogP contribution in [0.15, 0.2) is 48.5 Å². The number of phenolic OH excluding ortho intramolecular Hbond substituents is 1. The molecule has 2 aromatic rings. The lowest BCUT2D eigenvalue weighted by Gasteiger charge is -2.01. The maximum Gasteiger partial charge on any atom is 0.115 e. The summed E-state index contributed by atoms with van der Waals surface area (Å²) in [6.45, 7) is 0. The van der Waals surface area contributed by atoms with E-state index >= 15 is 0 Å². The van der Waals surface area contributed by atoms with Crippen LogP contribution < -0.4 is 0 Å². The largest absolute Gasteiger partial charge is 0.508 e. The van der Waals surface area contributed by atoms with E-state index in [-0.39, 0.29) is 13.2 Å². The second-order valence-electron chi connectivity index (χ2n) is 3.24. The predicted octanol–water partition coefficient (Wildman–Crippen LogP) is 3.57. The predicted molar refractivity (Wildman–Crippen MR) is 65.0 cm³/mol.